The molecule has 0 unspecified atom stereocenters. The number of aliphatic imine (C=N–C) groups is 1. The number of phenols is 1. The number of urea groups is 1. The lowest BCUT2D eigenvalue weighted by Crippen LogP contribution is -2.36. The molecule has 4 atom stereocenters. The number of ether oxygens (including phenoxy) is 2. The third kappa shape index (κ3) is 7.99. The van der Waals surface area contributed by atoms with Crippen LogP contribution in [0.1, 0.15) is 48.7 Å². The number of hydrogen-bond acceptors (Lipinski definition) is 12. The summed E-state index contributed by atoms with van der Waals surface area (Å²) in [6.45, 7) is 1.16. The number of unbranched alkanes of at least 4 members (excludes halogenated alkanes) is 4. The number of hydrogen-bond donors (Lipinski definition) is 8. The number of phenolic OH excluding ortho intramolecular Hbond substituents is 1. The molecule has 0 saturated carbocycles. The highest BCUT2D eigenvalue weighted by molar-refractivity contribution is 6.00. The van der Waals surface area contributed by atoms with Crippen molar-refractivity contribution in [1.29, 1.82) is 0 Å². The molecule has 10 N–H and O–H groups in total. The van der Waals surface area contributed by atoms with Gasteiger partial charge in [-0.1, -0.05) is 25.3 Å². The molecule has 0 bridgehead atoms. The number of guanidine groups is 1. The summed E-state index contributed by atoms with van der Waals surface area (Å²) in [7, 11) is 1.27. The topological polar surface area (TPSA) is 257 Å². The van der Waals surface area contributed by atoms with Gasteiger partial charge in [0.15, 0.2) is 23.7 Å². The molecule has 17 nitrogen and oxygen atoms in total. The molecule has 2 aromatic heterocycles. The molecule has 1 saturated heterocycles. The monoisotopic (exact) mass is 664 g/mol. The highest BCUT2D eigenvalue weighted by Crippen LogP contribution is 2.32. The normalized spacial score (nSPS) is 19.4. The number of esters is 1. The minimum atomic E-state index is -1.23. The van der Waals surface area contributed by atoms with E-state index in [1.165, 1.54) is 30.4 Å². The van der Waals surface area contributed by atoms with Crippen LogP contribution in [0.3, 0.4) is 0 Å². The van der Waals surface area contributed by atoms with Crippen LogP contribution in [0.5, 0.6) is 5.75 Å². The molecule has 1 aliphatic rings. The number of aliphatic hydroxyl groups is 2. The summed E-state index contributed by atoms with van der Waals surface area (Å²) < 4.78 is 12.1. The van der Waals surface area contributed by atoms with Crippen LogP contribution in [0.25, 0.3) is 21.9 Å². The number of nitrogens with zero attached hydrogens (tertiary/aromatic N) is 5. The fourth-order valence-electron chi connectivity index (χ4n) is 5.44. The highest BCUT2D eigenvalue weighted by atomic mass is 16.6. The number of benzene rings is 2. The van der Waals surface area contributed by atoms with E-state index in [-0.39, 0.29) is 35.7 Å². The van der Waals surface area contributed by atoms with Crippen LogP contribution in [0.2, 0.25) is 0 Å². The predicted octanol–water partition coefficient (Wildman–Crippen LogP) is 1.35. The number of aliphatic hydroxyl groups excluding tert-OH is 2. The Balaban J connectivity index is 0.943. The van der Waals surface area contributed by atoms with Crippen LogP contribution in [-0.2, 0) is 9.47 Å². The van der Waals surface area contributed by atoms with E-state index in [1.54, 1.807) is 24.3 Å². The van der Waals surface area contributed by atoms with Crippen LogP contribution in [-0.4, -0.2) is 97.9 Å². The van der Waals surface area contributed by atoms with Crippen molar-refractivity contribution in [1.82, 2.24) is 30.2 Å². The van der Waals surface area contributed by atoms with E-state index < -0.39 is 30.5 Å². The molecule has 0 radical (unpaired) electrons. The Bertz CT molecular complexity index is 1780. The molecule has 3 heterocycles. The Hall–Kier alpha value is -5.26. The molecule has 2 amide bonds. The Labute approximate surface area is 275 Å². The van der Waals surface area contributed by atoms with Gasteiger partial charge in [0.05, 0.1) is 25.5 Å². The molecule has 17 heteroatoms. The first-order chi connectivity index (χ1) is 23.2. The van der Waals surface area contributed by atoms with E-state index in [1.807, 2.05) is 0 Å². The number of carbonyl (C=O) groups excluding carboxylic acids is 2. The van der Waals surface area contributed by atoms with Crippen molar-refractivity contribution in [3.63, 3.8) is 0 Å². The number of nitrogens with two attached hydrogens (primary N) is 2. The van der Waals surface area contributed by atoms with Crippen LogP contribution in [0, 0.1) is 0 Å². The number of rotatable bonds is 13. The first-order valence-corrected chi connectivity index (χ1v) is 15.5. The molecule has 2 aromatic carbocycles. The minimum absolute atomic E-state index is 0.0408. The lowest BCUT2D eigenvalue weighted by atomic mass is 10.0. The SMILES string of the molecule is COC(=O)c1cc(O)c2cc(NC(=O)NCCCCCCCNC(N)=NC[C@H]3O[C@@H](n4cnc5c(N)ncnc54)[C@H](O)[C@@H]3O)ccc2c1. The van der Waals surface area contributed by atoms with Crippen molar-refractivity contribution in [2.45, 2.75) is 56.6 Å². The Morgan fingerprint density at radius 3 is 2.54 bits per heavy atom. The third-order valence-electron chi connectivity index (χ3n) is 8.00. The average molecular weight is 665 g/mol. The van der Waals surface area contributed by atoms with Crippen molar-refractivity contribution in [2.75, 3.05) is 37.8 Å². The molecule has 48 heavy (non-hydrogen) atoms. The molecule has 256 valence electrons. The van der Waals surface area contributed by atoms with E-state index in [2.05, 4.69) is 35.9 Å². The van der Waals surface area contributed by atoms with Crippen molar-refractivity contribution in [3.8, 4) is 5.75 Å². The molecule has 0 aliphatic carbocycles. The summed E-state index contributed by atoms with van der Waals surface area (Å²) in [6.07, 6.45) is 3.11. The first kappa shape index (κ1) is 34.1. The minimum Gasteiger partial charge on any atom is -0.507 e. The summed E-state index contributed by atoms with van der Waals surface area (Å²) in [4.78, 5) is 40.6. The smallest absolute Gasteiger partial charge is 0.338 e. The van der Waals surface area contributed by atoms with E-state index in [0.717, 1.165) is 32.1 Å². The van der Waals surface area contributed by atoms with E-state index in [9.17, 15) is 24.9 Å². The molecular formula is C31H40N10O7. The number of anilines is 2. The lowest BCUT2D eigenvalue weighted by molar-refractivity contribution is -0.0320. The summed E-state index contributed by atoms with van der Waals surface area (Å²) >= 11 is 0. The van der Waals surface area contributed by atoms with Crippen LogP contribution in [0.4, 0.5) is 16.3 Å². The van der Waals surface area contributed by atoms with Crippen molar-refractivity contribution in [2.24, 2.45) is 10.7 Å². The highest BCUT2D eigenvalue weighted by Gasteiger charge is 2.44. The quantitative estimate of drug-likeness (QED) is 0.0435. The van der Waals surface area contributed by atoms with Gasteiger partial charge in [-0.3, -0.25) is 9.56 Å². The van der Waals surface area contributed by atoms with E-state index in [4.69, 9.17) is 20.9 Å². The Kier molecular flexibility index (Phi) is 11.0. The zero-order chi connectivity index (χ0) is 34.2. The number of fused-ring (bicyclic) bond motifs is 2. The van der Waals surface area contributed by atoms with Gasteiger partial charge in [0.1, 0.15) is 35.9 Å². The number of nitrogen functional groups attached to an aromatic ring is 1. The van der Waals surface area contributed by atoms with Gasteiger partial charge < -0.3 is 52.2 Å². The standard InChI is InChI=1S/C31H40N10O7/c1-47-29(45)18-11-17-7-8-19(13-20(17)21(42)12-18)40-31(46)35-10-6-4-2-3-5-9-34-30(33)36-14-22-24(43)25(44)28(48-22)41-16-39-23-26(32)37-15-38-27(23)41/h7-8,11-13,15-16,22,24-25,28,42-44H,2-6,9-10,14H2,1H3,(H2,32,37,38)(H3,33,34,36)(H2,35,40,46)/t22-,24-,25-,28-/m1/s1. The molecule has 4 aromatic rings. The summed E-state index contributed by atoms with van der Waals surface area (Å²) in [5.41, 5.74) is 13.3. The van der Waals surface area contributed by atoms with Crippen LogP contribution >= 0.6 is 0 Å². The molecular weight excluding hydrogens is 624 g/mol. The van der Waals surface area contributed by atoms with Gasteiger partial charge in [-0.15, -0.1) is 0 Å². The maximum atomic E-state index is 12.3. The lowest BCUT2D eigenvalue weighted by Gasteiger charge is -2.16. The largest absolute Gasteiger partial charge is 0.507 e. The molecule has 1 aliphatic heterocycles. The summed E-state index contributed by atoms with van der Waals surface area (Å²) in [6, 6.07) is 7.63. The molecule has 1 fully saturated rings. The number of nitrogens with one attached hydrogen (secondary N) is 3. The van der Waals surface area contributed by atoms with Gasteiger partial charge in [0.25, 0.3) is 0 Å². The maximum Gasteiger partial charge on any atom is 0.338 e. The number of imidazole rings is 1. The number of methoxy groups -OCH3 is 1. The Morgan fingerprint density at radius 1 is 1.02 bits per heavy atom. The summed E-state index contributed by atoms with van der Waals surface area (Å²) in [5.74, 6) is -0.222. The number of aromatic nitrogens is 4. The van der Waals surface area contributed by atoms with Gasteiger partial charge in [-0.2, -0.15) is 0 Å². The second-order valence-corrected chi connectivity index (χ2v) is 11.4. The molecule has 0 spiro atoms. The van der Waals surface area contributed by atoms with Gasteiger partial charge in [0.2, 0.25) is 0 Å². The fraction of sp³-hybridized carbons (Fsp3) is 0.419. The Morgan fingerprint density at radius 2 is 1.77 bits per heavy atom. The molecule has 5 rings (SSSR count). The van der Waals surface area contributed by atoms with Crippen molar-refractivity contribution in [3.05, 3.63) is 48.5 Å². The zero-order valence-electron chi connectivity index (χ0n) is 26.4. The second-order valence-electron chi connectivity index (χ2n) is 11.4. The van der Waals surface area contributed by atoms with E-state index in [0.29, 0.717) is 40.7 Å². The van der Waals surface area contributed by atoms with E-state index >= 15 is 0 Å². The zero-order valence-corrected chi connectivity index (χ0v) is 26.4. The summed E-state index contributed by atoms with van der Waals surface area (Å²) in [5, 5.41) is 41.2. The van der Waals surface area contributed by atoms with Gasteiger partial charge in [-0.25, -0.2) is 24.5 Å². The second kappa shape index (κ2) is 15.6. The number of carbonyl (C=O) groups is 2. The third-order valence-corrected chi connectivity index (χ3v) is 8.00. The fourth-order valence-corrected chi connectivity index (χ4v) is 5.44. The predicted molar refractivity (Wildman–Crippen MR) is 177 cm³/mol. The van der Waals surface area contributed by atoms with Gasteiger partial charge >= 0.3 is 12.0 Å². The first-order valence-electron chi connectivity index (χ1n) is 15.5. The van der Waals surface area contributed by atoms with Gasteiger partial charge in [0, 0.05) is 24.2 Å². The number of aromatic hydroxyl groups is 1. The van der Waals surface area contributed by atoms with Gasteiger partial charge in [-0.05, 0) is 42.5 Å². The maximum absolute atomic E-state index is 12.3. The van der Waals surface area contributed by atoms with Crippen molar-refractivity contribution >= 4 is 51.4 Å². The van der Waals surface area contributed by atoms with Crippen LogP contribution < -0.4 is 27.4 Å². The van der Waals surface area contributed by atoms with Crippen molar-refractivity contribution < 1.29 is 34.4 Å². The van der Waals surface area contributed by atoms with Crippen LogP contribution in [0.15, 0.2) is 48.0 Å². The number of amides is 2. The average Bonchev–Trinajstić information content (AvgIpc) is 3.63.